The molecule has 4 nitrogen and oxygen atoms in total. The predicted octanol–water partition coefficient (Wildman–Crippen LogP) is 1.29. The molecule has 1 heterocycles. The van der Waals surface area contributed by atoms with Gasteiger partial charge in [-0.05, 0) is 13.8 Å². The van der Waals surface area contributed by atoms with Gasteiger partial charge in [0.25, 0.3) is 6.43 Å². The van der Waals surface area contributed by atoms with Crippen LogP contribution in [-0.4, -0.2) is 45.8 Å². The zero-order valence-electron chi connectivity index (χ0n) is 9.23. The molecule has 1 rings (SSSR count). The molecule has 0 aliphatic heterocycles. The molecule has 0 saturated heterocycles. The van der Waals surface area contributed by atoms with Crippen LogP contribution in [0, 0.1) is 6.92 Å². The Hall–Kier alpha value is -0.660. The number of aliphatic hydroxyl groups excluding tert-OH is 1. The van der Waals surface area contributed by atoms with E-state index in [1.807, 2.05) is 6.92 Å². The number of aromatic nitrogens is 2. The van der Waals surface area contributed by atoms with Crippen molar-refractivity contribution in [3.8, 4) is 0 Å². The van der Waals surface area contributed by atoms with E-state index in [2.05, 4.69) is 10.2 Å². The smallest absolute Gasteiger partial charge is 0.251 e. The number of hydrogen-bond donors (Lipinski definition) is 1. The van der Waals surface area contributed by atoms with Crippen molar-refractivity contribution in [1.29, 1.82) is 0 Å². The van der Waals surface area contributed by atoms with E-state index in [1.165, 1.54) is 16.2 Å². The van der Waals surface area contributed by atoms with E-state index in [1.54, 1.807) is 6.92 Å². The molecule has 7 heteroatoms. The van der Waals surface area contributed by atoms with E-state index in [0.29, 0.717) is 11.6 Å². The maximum atomic E-state index is 12.3. The molecule has 1 aromatic rings. The van der Waals surface area contributed by atoms with E-state index >= 15 is 0 Å². The van der Waals surface area contributed by atoms with Crippen LogP contribution in [-0.2, 0) is 6.54 Å². The lowest BCUT2D eigenvalue weighted by Gasteiger charge is -2.21. The van der Waals surface area contributed by atoms with Crippen LogP contribution in [0.25, 0.3) is 0 Å². The number of aryl methyl sites for hydroxylation is 1. The van der Waals surface area contributed by atoms with Gasteiger partial charge in [-0.1, -0.05) is 0 Å². The van der Waals surface area contributed by atoms with Crippen LogP contribution >= 0.6 is 11.3 Å². The fourth-order valence-electron chi connectivity index (χ4n) is 1.37. The van der Waals surface area contributed by atoms with Crippen molar-refractivity contribution in [3.05, 3.63) is 10.0 Å². The highest BCUT2D eigenvalue weighted by Gasteiger charge is 2.16. The molecule has 16 heavy (non-hydrogen) atoms. The molecule has 0 amide bonds. The number of rotatable bonds is 6. The minimum absolute atomic E-state index is 0.211. The van der Waals surface area contributed by atoms with Crippen LogP contribution in [0.3, 0.4) is 0 Å². The first-order valence-corrected chi connectivity index (χ1v) is 5.76. The topological polar surface area (TPSA) is 49.2 Å². The Morgan fingerprint density at radius 1 is 1.38 bits per heavy atom. The van der Waals surface area contributed by atoms with Crippen LogP contribution < -0.4 is 0 Å². The van der Waals surface area contributed by atoms with Crippen molar-refractivity contribution in [3.63, 3.8) is 0 Å². The SMILES string of the molecule is Cc1nnc(CN(CC(C)O)CC(F)F)s1. The summed E-state index contributed by atoms with van der Waals surface area (Å²) in [6.07, 6.45) is -3.04. The first-order chi connectivity index (χ1) is 7.47. The summed E-state index contributed by atoms with van der Waals surface area (Å²) in [5.41, 5.74) is 0. The molecule has 0 spiro atoms. The van der Waals surface area contributed by atoms with Gasteiger partial charge in [0.2, 0.25) is 0 Å². The monoisotopic (exact) mass is 251 g/mol. The molecule has 0 aliphatic rings. The number of halogens is 2. The Kier molecular flexibility index (Phi) is 5.17. The summed E-state index contributed by atoms with van der Waals surface area (Å²) in [6, 6.07) is 0. The van der Waals surface area contributed by atoms with Crippen LogP contribution in [0.2, 0.25) is 0 Å². The lowest BCUT2D eigenvalue weighted by atomic mass is 10.3. The first-order valence-electron chi connectivity index (χ1n) is 4.95. The Balaban J connectivity index is 2.55. The van der Waals surface area contributed by atoms with Gasteiger partial charge in [0.1, 0.15) is 10.0 Å². The minimum Gasteiger partial charge on any atom is -0.392 e. The summed E-state index contributed by atoms with van der Waals surface area (Å²) in [4.78, 5) is 1.48. The second-order valence-electron chi connectivity index (χ2n) is 3.65. The van der Waals surface area contributed by atoms with E-state index < -0.39 is 12.5 Å². The largest absolute Gasteiger partial charge is 0.392 e. The molecule has 0 aliphatic carbocycles. The third kappa shape index (κ3) is 4.91. The van der Waals surface area contributed by atoms with Crippen molar-refractivity contribution in [2.24, 2.45) is 0 Å². The highest BCUT2D eigenvalue weighted by Crippen LogP contribution is 2.12. The lowest BCUT2D eigenvalue weighted by Crippen LogP contribution is -2.34. The summed E-state index contributed by atoms with van der Waals surface area (Å²) in [5.74, 6) is 0. The van der Waals surface area contributed by atoms with E-state index in [4.69, 9.17) is 0 Å². The zero-order valence-corrected chi connectivity index (χ0v) is 10.0. The molecule has 92 valence electrons. The molecule has 0 saturated carbocycles. The van der Waals surface area contributed by atoms with Gasteiger partial charge in [0.15, 0.2) is 0 Å². The molecule has 1 unspecified atom stereocenters. The summed E-state index contributed by atoms with van der Waals surface area (Å²) >= 11 is 1.38. The van der Waals surface area contributed by atoms with Gasteiger partial charge in [-0.3, -0.25) is 4.90 Å². The van der Waals surface area contributed by atoms with Gasteiger partial charge >= 0.3 is 0 Å². The number of alkyl halides is 2. The van der Waals surface area contributed by atoms with Crippen molar-refractivity contribution < 1.29 is 13.9 Å². The zero-order chi connectivity index (χ0) is 12.1. The normalized spacial score (nSPS) is 13.7. The van der Waals surface area contributed by atoms with Gasteiger partial charge in [0.05, 0.1) is 19.2 Å². The molecular formula is C9H15F2N3OS. The van der Waals surface area contributed by atoms with Gasteiger partial charge in [-0.15, -0.1) is 21.5 Å². The van der Waals surface area contributed by atoms with E-state index in [0.717, 1.165) is 5.01 Å². The van der Waals surface area contributed by atoms with Gasteiger partial charge < -0.3 is 5.11 Å². The average molecular weight is 251 g/mol. The van der Waals surface area contributed by atoms with Crippen LogP contribution in [0.15, 0.2) is 0 Å². The summed E-state index contributed by atoms with van der Waals surface area (Å²) in [7, 11) is 0. The molecule has 0 fully saturated rings. The molecule has 0 bridgehead atoms. The van der Waals surface area contributed by atoms with Crippen molar-refractivity contribution in [1.82, 2.24) is 15.1 Å². The first kappa shape index (κ1) is 13.4. The molecule has 0 aromatic carbocycles. The van der Waals surface area contributed by atoms with Gasteiger partial charge in [-0.25, -0.2) is 8.78 Å². The van der Waals surface area contributed by atoms with E-state index in [9.17, 15) is 13.9 Å². The Bertz CT molecular complexity index is 309. The van der Waals surface area contributed by atoms with Crippen LogP contribution in [0.5, 0.6) is 0 Å². The third-order valence-corrected chi connectivity index (χ3v) is 2.67. The summed E-state index contributed by atoms with van der Waals surface area (Å²) < 4.78 is 24.6. The maximum absolute atomic E-state index is 12.3. The van der Waals surface area contributed by atoms with Crippen molar-refractivity contribution in [2.45, 2.75) is 32.9 Å². The molecule has 1 N–H and O–H groups in total. The van der Waals surface area contributed by atoms with Gasteiger partial charge in [0, 0.05) is 6.54 Å². The summed E-state index contributed by atoms with van der Waals surface area (Å²) in [5, 5.41) is 18.4. The fourth-order valence-corrected chi connectivity index (χ4v) is 2.12. The highest BCUT2D eigenvalue weighted by molar-refractivity contribution is 7.11. The fraction of sp³-hybridized carbons (Fsp3) is 0.778. The van der Waals surface area contributed by atoms with Crippen molar-refractivity contribution in [2.75, 3.05) is 13.1 Å². The summed E-state index contributed by atoms with van der Waals surface area (Å²) in [6.45, 7) is 3.55. The number of aliphatic hydroxyl groups is 1. The predicted molar refractivity (Wildman–Crippen MR) is 57.6 cm³/mol. The standard InChI is InChI=1S/C9H15F2N3OS/c1-6(15)3-14(4-8(10)11)5-9-13-12-7(2)16-9/h6,8,15H,3-5H2,1-2H3. The van der Waals surface area contributed by atoms with Crippen molar-refractivity contribution >= 4 is 11.3 Å². The van der Waals surface area contributed by atoms with Crippen LogP contribution in [0.4, 0.5) is 8.78 Å². The number of hydrogen-bond acceptors (Lipinski definition) is 5. The number of nitrogens with zero attached hydrogens (tertiary/aromatic N) is 3. The molecule has 1 atom stereocenters. The van der Waals surface area contributed by atoms with Crippen LogP contribution in [0.1, 0.15) is 16.9 Å². The Labute approximate surface area is 96.9 Å². The minimum atomic E-state index is -2.41. The third-order valence-electron chi connectivity index (χ3n) is 1.85. The molecule has 1 aromatic heterocycles. The Morgan fingerprint density at radius 3 is 2.50 bits per heavy atom. The van der Waals surface area contributed by atoms with Gasteiger partial charge in [-0.2, -0.15) is 0 Å². The molecular weight excluding hydrogens is 236 g/mol. The average Bonchev–Trinajstić information content (AvgIpc) is 2.48. The maximum Gasteiger partial charge on any atom is 0.251 e. The Morgan fingerprint density at radius 2 is 2.06 bits per heavy atom. The second-order valence-corrected chi connectivity index (χ2v) is 4.92. The lowest BCUT2D eigenvalue weighted by molar-refractivity contribution is 0.0561. The molecule has 0 radical (unpaired) electrons. The quantitative estimate of drug-likeness (QED) is 0.828. The second kappa shape index (κ2) is 6.17. The highest BCUT2D eigenvalue weighted by atomic mass is 32.1. The van der Waals surface area contributed by atoms with E-state index in [-0.39, 0.29) is 13.1 Å².